The highest BCUT2D eigenvalue weighted by Gasteiger charge is 2.34. The van der Waals surface area contributed by atoms with Crippen LogP contribution in [0.3, 0.4) is 0 Å². The van der Waals surface area contributed by atoms with Gasteiger partial charge in [-0.2, -0.15) is 21.0 Å². The monoisotopic (exact) mass is 979 g/mol. The van der Waals surface area contributed by atoms with E-state index >= 15 is 0 Å². The van der Waals surface area contributed by atoms with Gasteiger partial charge in [0.1, 0.15) is 0 Å². The van der Waals surface area contributed by atoms with Crippen molar-refractivity contribution >= 4 is 45.4 Å². The molecule has 12 heteroatoms. The summed E-state index contributed by atoms with van der Waals surface area (Å²) in [6, 6.07) is 11.3. The Balaban J connectivity index is 2.29. The lowest BCUT2D eigenvalue weighted by atomic mass is 9.79. The highest BCUT2D eigenvalue weighted by molar-refractivity contribution is 6.01. The van der Waals surface area contributed by atoms with E-state index < -0.39 is 47.5 Å². The summed E-state index contributed by atoms with van der Waals surface area (Å²) in [7, 11) is 0. The summed E-state index contributed by atoms with van der Waals surface area (Å²) in [6.45, 7) is 8.69. The van der Waals surface area contributed by atoms with Crippen LogP contribution in [0.5, 0.6) is 0 Å². The van der Waals surface area contributed by atoms with Gasteiger partial charge in [0.05, 0.1) is 23.7 Å². The zero-order valence-electron chi connectivity index (χ0n) is 43.5. The van der Waals surface area contributed by atoms with Gasteiger partial charge in [0.25, 0.3) is 0 Å². The molecule has 0 radical (unpaired) electrons. The van der Waals surface area contributed by atoms with E-state index in [1.54, 1.807) is 0 Å². The van der Waals surface area contributed by atoms with Crippen molar-refractivity contribution < 1.29 is 59.8 Å². The summed E-state index contributed by atoms with van der Waals surface area (Å²) in [5.74, 6) is -7.10. The van der Waals surface area contributed by atoms with Crippen LogP contribution in [-0.2, 0) is 38.7 Å². The molecule has 0 saturated carbocycles. The predicted octanol–water partition coefficient (Wildman–Crippen LogP) is 17.0. The Morgan fingerprint density at radius 2 is 0.471 bits per heavy atom. The lowest BCUT2D eigenvalue weighted by Gasteiger charge is -2.25. The molecule has 4 unspecified atom stereocenters. The largest absolute Gasteiger partial charge is 0.349 e. The van der Waals surface area contributed by atoms with E-state index in [4.69, 9.17) is 0 Å². The molecule has 3 aromatic rings. The van der Waals surface area contributed by atoms with Crippen molar-refractivity contribution in [1.82, 2.24) is 0 Å². The lowest BCUT2D eigenvalue weighted by Crippen LogP contribution is -2.22. The summed E-state index contributed by atoms with van der Waals surface area (Å²) < 4.78 is 0. The molecule has 0 amide bonds. The molecule has 394 valence electrons. The molecule has 3 aromatic carbocycles. The lowest BCUT2D eigenvalue weighted by molar-refractivity contribution is -0.237. The van der Waals surface area contributed by atoms with Gasteiger partial charge in [-0.05, 0) is 106 Å². The first-order valence-electron chi connectivity index (χ1n) is 27.6. The Labute approximate surface area is 419 Å². The van der Waals surface area contributed by atoms with Gasteiger partial charge < -0.3 is 19.6 Å². The first-order chi connectivity index (χ1) is 34.1. The van der Waals surface area contributed by atoms with Gasteiger partial charge in [-0.3, -0.25) is 0 Å². The summed E-state index contributed by atoms with van der Waals surface area (Å²) in [5.41, 5.74) is 1.97. The molecule has 0 aliphatic rings. The van der Waals surface area contributed by atoms with Gasteiger partial charge in [0, 0.05) is 0 Å². The molecule has 4 atom stereocenters. The molecule has 12 nitrogen and oxygen atoms in total. The number of unbranched alkanes of at least 4 members (excludes halogenated alkanes) is 24. The van der Waals surface area contributed by atoms with Gasteiger partial charge in [0.2, 0.25) is 0 Å². The third-order valence-corrected chi connectivity index (χ3v) is 14.6. The topological polar surface area (TPSA) is 186 Å². The summed E-state index contributed by atoms with van der Waals surface area (Å²) in [4.78, 5) is 72.4. The Morgan fingerprint density at radius 3 is 0.643 bits per heavy atom. The van der Waals surface area contributed by atoms with Crippen LogP contribution in [0, 0.1) is 0 Å². The Hall–Kier alpha value is -4.10. The van der Waals surface area contributed by atoms with E-state index in [-0.39, 0.29) is 0 Å². The van der Waals surface area contributed by atoms with Gasteiger partial charge in [-0.15, -0.1) is 0 Å². The van der Waals surface area contributed by atoms with Gasteiger partial charge in [-0.1, -0.05) is 207 Å². The van der Waals surface area contributed by atoms with Crippen molar-refractivity contribution in [1.29, 1.82) is 0 Å². The van der Waals surface area contributed by atoms with Gasteiger partial charge in [-0.25, -0.2) is 19.2 Å². The van der Waals surface area contributed by atoms with Gasteiger partial charge in [0.15, 0.2) is 0 Å². The number of fused-ring (bicyclic) bond motifs is 2. The minimum Gasteiger partial charge on any atom is -0.300 e. The van der Waals surface area contributed by atoms with Crippen LogP contribution in [0.4, 0.5) is 0 Å². The second-order valence-electron chi connectivity index (χ2n) is 20.0. The molecular weight excluding hydrogens is 889 g/mol. The van der Waals surface area contributed by atoms with E-state index in [9.17, 15) is 40.2 Å². The third-order valence-electron chi connectivity index (χ3n) is 14.6. The van der Waals surface area contributed by atoms with Crippen molar-refractivity contribution in [3.8, 4) is 0 Å². The fourth-order valence-electron chi connectivity index (χ4n) is 10.5. The Bertz CT molecular complexity index is 1690. The fraction of sp³-hybridized carbons (Fsp3) is 0.690. The molecule has 4 N–H and O–H groups in total. The van der Waals surface area contributed by atoms with Crippen LogP contribution in [0.15, 0.2) is 36.4 Å². The van der Waals surface area contributed by atoms with Crippen molar-refractivity contribution in [2.75, 3.05) is 0 Å². The normalized spacial score (nSPS) is 13.3. The third kappa shape index (κ3) is 20.2. The molecule has 0 spiro atoms. The molecule has 70 heavy (non-hydrogen) atoms. The van der Waals surface area contributed by atoms with Crippen molar-refractivity contribution in [2.45, 2.75) is 257 Å². The van der Waals surface area contributed by atoms with E-state index in [2.05, 4.69) is 47.2 Å². The van der Waals surface area contributed by atoms with Crippen LogP contribution < -0.4 is 0 Å². The highest BCUT2D eigenvalue weighted by Crippen LogP contribution is 2.42. The number of carbonyl (C=O) groups excluding carboxylic acids is 4. The van der Waals surface area contributed by atoms with E-state index in [1.807, 2.05) is 36.4 Å². The number of carbonyl (C=O) groups is 4. The van der Waals surface area contributed by atoms with Crippen LogP contribution in [0.1, 0.15) is 279 Å². The van der Waals surface area contributed by atoms with E-state index in [1.165, 1.54) is 25.7 Å². The molecule has 3 rings (SSSR count). The van der Waals surface area contributed by atoms with E-state index in [0.717, 1.165) is 128 Å². The zero-order chi connectivity index (χ0) is 50.9. The molecule has 0 aromatic heterocycles. The Kier molecular flexibility index (Phi) is 30.9. The molecule has 0 saturated heterocycles. The maximum absolute atomic E-state index is 13.6. The average molecular weight is 979 g/mol. The number of rotatable bonds is 40. The standard InChI is InChI=1S/C58H90O12/c1-5-9-13-17-21-25-29-33-47(55(59)67-63)51-39-43-37-45-41-53(49(57(61)69-65)35-31-27-23-19-15-11-7-3)54(50(58(62)70-66)36-32-28-24-20-16-12-8-4)42-46(45)38-44(43)40-52(51)48(56(60)68-64)34-30-26-22-18-14-10-6-2/h37-42,47-50,63-66H,5-36H2,1-4H3. The van der Waals surface area contributed by atoms with E-state index in [0.29, 0.717) is 95.2 Å². The highest BCUT2D eigenvalue weighted by atomic mass is 17.1. The smallest absolute Gasteiger partial charge is 0.300 e. The van der Waals surface area contributed by atoms with Crippen LogP contribution in [0.2, 0.25) is 0 Å². The number of benzene rings is 3. The summed E-state index contributed by atoms with van der Waals surface area (Å²) in [6.07, 6.45) is 29.7. The molecule has 0 aliphatic carbocycles. The average Bonchev–Trinajstić information content (AvgIpc) is 3.37. The molecule has 0 heterocycles. The Morgan fingerprint density at radius 1 is 0.300 bits per heavy atom. The van der Waals surface area contributed by atoms with Gasteiger partial charge >= 0.3 is 23.9 Å². The first kappa shape index (κ1) is 60.2. The van der Waals surface area contributed by atoms with Crippen molar-refractivity contribution in [2.24, 2.45) is 0 Å². The molecule has 0 aliphatic heterocycles. The fourth-order valence-corrected chi connectivity index (χ4v) is 10.5. The minimum absolute atomic E-state index is 0.357. The number of hydrogen-bond acceptors (Lipinski definition) is 12. The van der Waals surface area contributed by atoms with Crippen LogP contribution in [-0.4, -0.2) is 44.9 Å². The maximum Gasteiger partial charge on any atom is 0.349 e. The summed E-state index contributed by atoms with van der Waals surface area (Å²) >= 11 is 0. The second-order valence-corrected chi connectivity index (χ2v) is 20.0. The second kappa shape index (κ2) is 35.9. The summed E-state index contributed by atoms with van der Waals surface area (Å²) in [5, 5.41) is 42.4. The molecular formula is C58H90O12. The van der Waals surface area contributed by atoms with Crippen LogP contribution >= 0.6 is 0 Å². The molecule has 0 bridgehead atoms. The first-order valence-corrected chi connectivity index (χ1v) is 27.6. The van der Waals surface area contributed by atoms with Crippen molar-refractivity contribution in [3.05, 3.63) is 58.7 Å². The van der Waals surface area contributed by atoms with Crippen molar-refractivity contribution in [3.63, 3.8) is 0 Å². The molecule has 0 fully saturated rings. The minimum atomic E-state index is -0.931. The SMILES string of the molecule is CCCCCCCCCC(C(=O)OO)c1cc2cc3cc(C(CCCCCCCCC)C(=O)OO)c(C(CCCCCCCCC)C(=O)OO)cc3cc2cc1C(CCCCCCCCC)C(=O)OO. The quantitative estimate of drug-likeness (QED) is 0.0139. The van der Waals surface area contributed by atoms with Crippen LogP contribution in [0.25, 0.3) is 21.5 Å². The zero-order valence-corrected chi connectivity index (χ0v) is 43.5. The number of hydrogen-bond donors (Lipinski definition) is 4. The maximum atomic E-state index is 13.6. The predicted molar refractivity (Wildman–Crippen MR) is 278 cm³/mol.